The van der Waals surface area contributed by atoms with E-state index >= 15 is 0 Å². The minimum Gasteiger partial charge on any atom is -0.494 e. The molecule has 0 bridgehead atoms. The Balaban J connectivity index is 1.75. The maximum atomic E-state index is 14.4. The zero-order valence-corrected chi connectivity index (χ0v) is 17.7. The first-order valence-electron chi connectivity index (χ1n) is 10.3. The predicted octanol–water partition coefficient (Wildman–Crippen LogP) is 4.34. The molecule has 1 N–H and O–H groups in total. The van der Waals surface area contributed by atoms with Crippen LogP contribution in [0.1, 0.15) is 30.9 Å². The number of likely N-dealkylation sites (tertiary alicyclic amines) is 1. The van der Waals surface area contributed by atoms with Gasteiger partial charge in [0.2, 0.25) is 0 Å². The molecular formula is C24H28FN3O2. The van der Waals surface area contributed by atoms with Crippen LogP contribution < -0.4 is 4.74 Å². The number of para-hydroxylation sites is 1. The summed E-state index contributed by atoms with van der Waals surface area (Å²) in [5, 5.41) is 15.3. The fraction of sp³-hybridized carbons (Fsp3) is 0.375. The van der Waals surface area contributed by atoms with Crippen molar-refractivity contribution in [3.8, 4) is 22.7 Å². The molecule has 1 saturated heterocycles. The molecule has 4 rings (SSSR count). The van der Waals surface area contributed by atoms with E-state index in [1.54, 1.807) is 6.07 Å². The summed E-state index contributed by atoms with van der Waals surface area (Å²) >= 11 is 0. The van der Waals surface area contributed by atoms with Crippen LogP contribution in [0.4, 0.5) is 4.39 Å². The van der Waals surface area contributed by atoms with Crippen molar-refractivity contribution in [2.45, 2.75) is 38.8 Å². The first-order chi connectivity index (χ1) is 14.4. The third kappa shape index (κ3) is 4.25. The van der Waals surface area contributed by atoms with Crippen LogP contribution in [0.3, 0.4) is 0 Å². The summed E-state index contributed by atoms with van der Waals surface area (Å²) < 4.78 is 21.3. The van der Waals surface area contributed by atoms with Crippen molar-refractivity contribution < 1.29 is 14.2 Å². The zero-order chi connectivity index (χ0) is 21.3. The number of aryl methyl sites for hydroxylation is 1. The number of piperidine rings is 1. The molecule has 0 amide bonds. The maximum absolute atomic E-state index is 14.4. The normalized spacial score (nSPS) is 19.8. The van der Waals surface area contributed by atoms with Gasteiger partial charge in [0.05, 0.1) is 24.1 Å². The van der Waals surface area contributed by atoms with Gasteiger partial charge < -0.3 is 9.84 Å². The molecule has 0 radical (unpaired) electrons. The van der Waals surface area contributed by atoms with E-state index in [9.17, 15) is 9.50 Å². The molecule has 2 aromatic carbocycles. The van der Waals surface area contributed by atoms with Crippen molar-refractivity contribution in [3.05, 3.63) is 65.6 Å². The number of aliphatic hydroxyl groups is 1. The number of ether oxygens (including phenoxy) is 1. The molecule has 30 heavy (non-hydrogen) atoms. The Morgan fingerprint density at radius 2 is 2.03 bits per heavy atom. The van der Waals surface area contributed by atoms with Gasteiger partial charge in [0.25, 0.3) is 0 Å². The van der Waals surface area contributed by atoms with Crippen molar-refractivity contribution in [3.63, 3.8) is 0 Å². The Kier molecular flexibility index (Phi) is 5.62. The first-order valence-corrected chi connectivity index (χ1v) is 10.3. The van der Waals surface area contributed by atoms with Crippen molar-refractivity contribution in [2.75, 3.05) is 20.2 Å². The van der Waals surface area contributed by atoms with Gasteiger partial charge >= 0.3 is 0 Å². The molecule has 158 valence electrons. The lowest BCUT2D eigenvalue weighted by atomic mass is 9.94. The Labute approximate surface area is 176 Å². The first kappa shape index (κ1) is 20.6. The number of halogens is 1. The standard InChI is InChI=1S/C24H28FN3O2/c1-17-7-4-5-8-21(17)28-15-19(14-27-12-6-11-24(2,29)16-27)23(26-28)18-9-10-22(30-3)20(25)13-18/h4-5,7-10,13,15,29H,6,11-12,14,16H2,1-3H3/t24-/m0/s1. The molecule has 2 heterocycles. The summed E-state index contributed by atoms with van der Waals surface area (Å²) in [6.07, 6.45) is 3.77. The topological polar surface area (TPSA) is 50.5 Å². The monoisotopic (exact) mass is 409 g/mol. The summed E-state index contributed by atoms with van der Waals surface area (Å²) in [6.45, 7) is 6.10. The summed E-state index contributed by atoms with van der Waals surface area (Å²) in [4.78, 5) is 2.24. The molecule has 0 saturated carbocycles. The number of nitrogens with zero attached hydrogens (tertiary/aromatic N) is 3. The molecule has 0 unspecified atom stereocenters. The van der Waals surface area contributed by atoms with Crippen LogP contribution in [0.15, 0.2) is 48.7 Å². The van der Waals surface area contributed by atoms with Crippen LogP contribution in [0, 0.1) is 12.7 Å². The molecule has 1 atom stereocenters. The lowest BCUT2D eigenvalue weighted by Crippen LogP contribution is -2.45. The van der Waals surface area contributed by atoms with Crippen LogP contribution in [0.25, 0.3) is 16.9 Å². The number of β-amino-alcohol motifs (C(OH)–C–C–N with tert-alkyl or cyclic N) is 1. The second-order valence-corrected chi connectivity index (χ2v) is 8.39. The van der Waals surface area contributed by atoms with Crippen LogP contribution >= 0.6 is 0 Å². The molecule has 5 nitrogen and oxygen atoms in total. The number of benzene rings is 2. The molecule has 1 fully saturated rings. The smallest absolute Gasteiger partial charge is 0.165 e. The lowest BCUT2D eigenvalue weighted by molar-refractivity contribution is -0.0181. The van der Waals surface area contributed by atoms with Crippen LogP contribution in [-0.4, -0.2) is 45.6 Å². The van der Waals surface area contributed by atoms with Gasteiger partial charge in [-0.2, -0.15) is 5.10 Å². The largest absolute Gasteiger partial charge is 0.494 e. The number of methoxy groups -OCH3 is 1. The van der Waals surface area contributed by atoms with Gasteiger partial charge in [-0.3, -0.25) is 4.90 Å². The Morgan fingerprint density at radius 3 is 2.73 bits per heavy atom. The molecule has 1 aromatic heterocycles. The molecule has 1 aliphatic rings. The van der Waals surface area contributed by atoms with Gasteiger partial charge in [-0.05, 0) is 63.1 Å². The van der Waals surface area contributed by atoms with E-state index in [0.717, 1.165) is 41.9 Å². The molecule has 1 aliphatic heterocycles. The highest BCUT2D eigenvalue weighted by Crippen LogP contribution is 2.30. The summed E-state index contributed by atoms with van der Waals surface area (Å²) in [5.41, 5.74) is 3.87. The van der Waals surface area contributed by atoms with E-state index in [0.29, 0.717) is 18.7 Å². The van der Waals surface area contributed by atoms with E-state index in [4.69, 9.17) is 9.84 Å². The van der Waals surface area contributed by atoms with E-state index < -0.39 is 11.4 Å². The fourth-order valence-electron chi connectivity index (χ4n) is 4.23. The third-order valence-corrected chi connectivity index (χ3v) is 5.73. The van der Waals surface area contributed by atoms with Gasteiger partial charge in [-0.1, -0.05) is 18.2 Å². The summed E-state index contributed by atoms with van der Waals surface area (Å²) in [5.74, 6) is -0.196. The van der Waals surface area contributed by atoms with E-state index in [2.05, 4.69) is 4.90 Å². The molecular weight excluding hydrogens is 381 g/mol. The van der Waals surface area contributed by atoms with Crippen LogP contribution in [0.2, 0.25) is 0 Å². The number of aromatic nitrogens is 2. The van der Waals surface area contributed by atoms with Crippen molar-refractivity contribution in [1.29, 1.82) is 0 Å². The molecule has 6 heteroatoms. The average Bonchev–Trinajstić information content (AvgIpc) is 3.11. The van der Waals surface area contributed by atoms with Gasteiger partial charge in [-0.25, -0.2) is 9.07 Å². The highest BCUT2D eigenvalue weighted by atomic mass is 19.1. The van der Waals surface area contributed by atoms with Crippen LogP contribution in [-0.2, 0) is 6.54 Å². The summed E-state index contributed by atoms with van der Waals surface area (Å²) in [6, 6.07) is 13.0. The molecule has 0 spiro atoms. The second-order valence-electron chi connectivity index (χ2n) is 8.39. The minimum absolute atomic E-state index is 0.214. The molecule has 3 aromatic rings. The average molecular weight is 410 g/mol. The fourth-order valence-corrected chi connectivity index (χ4v) is 4.23. The van der Waals surface area contributed by atoms with Gasteiger partial charge in [0.15, 0.2) is 11.6 Å². The van der Waals surface area contributed by atoms with E-state index in [1.165, 1.54) is 13.2 Å². The van der Waals surface area contributed by atoms with E-state index in [1.807, 2.05) is 55.1 Å². The number of hydrogen-bond donors (Lipinski definition) is 1. The predicted molar refractivity (Wildman–Crippen MR) is 115 cm³/mol. The van der Waals surface area contributed by atoms with E-state index in [-0.39, 0.29) is 5.75 Å². The zero-order valence-electron chi connectivity index (χ0n) is 17.7. The molecule has 0 aliphatic carbocycles. The minimum atomic E-state index is -0.684. The Morgan fingerprint density at radius 1 is 1.23 bits per heavy atom. The van der Waals surface area contributed by atoms with Crippen molar-refractivity contribution >= 4 is 0 Å². The van der Waals surface area contributed by atoms with Crippen molar-refractivity contribution in [2.24, 2.45) is 0 Å². The highest BCUT2D eigenvalue weighted by molar-refractivity contribution is 5.64. The maximum Gasteiger partial charge on any atom is 0.165 e. The summed E-state index contributed by atoms with van der Waals surface area (Å²) in [7, 11) is 1.46. The van der Waals surface area contributed by atoms with Gasteiger partial charge in [0, 0.05) is 30.4 Å². The van der Waals surface area contributed by atoms with Crippen molar-refractivity contribution in [1.82, 2.24) is 14.7 Å². The van der Waals surface area contributed by atoms with Gasteiger partial charge in [-0.15, -0.1) is 0 Å². The highest BCUT2D eigenvalue weighted by Gasteiger charge is 2.29. The number of hydrogen-bond acceptors (Lipinski definition) is 4. The third-order valence-electron chi connectivity index (χ3n) is 5.73. The number of rotatable bonds is 5. The quantitative estimate of drug-likeness (QED) is 0.681. The van der Waals surface area contributed by atoms with Crippen LogP contribution in [0.5, 0.6) is 5.75 Å². The SMILES string of the molecule is COc1ccc(-c2nn(-c3ccccc3C)cc2CN2CCC[C@](C)(O)C2)cc1F. The second kappa shape index (κ2) is 8.20. The Hall–Kier alpha value is -2.70. The van der Waals surface area contributed by atoms with Gasteiger partial charge in [0.1, 0.15) is 0 Å². The lowest BCUT2D eigenvalue weighted by Gasteiger charge is -2.36. The Bertz CT molecular complexity index is 1040.